The van der Waals surface area contributed by atoms with Crippen molar-refractivity contribution in [1.82, 2.24) is 4.57 Å². The number of benzene rings is 3. The number of carboxylic acid groups (broad SMARTS) is 1. The van der Waals surface area contributed by atoms with Crippen molar-refractivity contribution in [1.29, 1.82) is 0 Å². The van der Waals surface area contributed by atoms with Crippen LogP contribution in [-0.4, -0.2) is 21.9 Å². The maximum Gasteiger partial charge on any atom is 0.371 e. The Balaban J connectivity index is 1.36. The summed E-state index contributed by atoms with van der Waals surface area (Å²) in [7, 11) is 0. The first-order valence-corrected chi connectivity index (χ1v) is 10.8. The number of aromatic carboxylic acids is 1. The molecule has 0 aliphatic heterocycles. The molecule has 0 atom stereocenters. The fraction of sp³-hybridized carbons (Fsp3) is 0.0714. The zero-order valence-corrected chi connectivity index (χ0v) is 18.5. The smallest absolute Gasteiger partial charge is 0.371 e. The van der Waals surface area contributed by atoms with Crippen molar-refractivity contribution >= 4 is 28.8 Å². The molecule has 6 nitrogen and oxygen atoms in total. The number of fused-ring (bicyclic) bond motifs is 1. The standard InChI is InChI=1S/C28H22N2O4/c1-19-6-2-5-9-26(19)33-22-12-10-21(11-13-22)29-16-20-17-30(25-8-4-3-7-24(20)25)18-23-14-15-27(34-23)28(31)32/h2-17H,18H2,1H3,(H,31,32). The number of hydrogen-bond acceptors (Lipinski definition) is 4. The van der Waals surface area contributed by atoms with E-state index in [1.807, 2.05) is 96.7 Å². The lowest BCUT2D eigenvalue weighted by Gasteiger charge is -2.08. The molecule has 0 amide bonds. The molecule has 0 radical (unpaired) electrons. The van der Waals surface area contributed by atoms with Crippen LogP contribution in [0.5, 0.6) is 11.5 Å². The van der Waals surface area contributed by atoms with Crippen molar-refractivity contribution in [2.75, 3.05) is 0 Å². The van der Waals surface area contributed by atoms with Gasteiger partial charge in [0.25, 0.3) is 0 Å². The number of furan rings is 1. The molecule has 1 N–H and O–H groups in total. The predicted octanol–water partition coefficient (Wildman–Crippen LogP) is 6.83. The largest absolute Gasteiger partial charge is 0.475 e. The van der Waals surface area contributed by atoms with E-state index in [-0.39, 0.29) is 5.76 Å². The maximum absolute atomic E-state index is 11.1. The highest BCUT2D eigenvalue weighted by molar-refractivity contribution is 6.00. The van der Waals surface area contributed by atoms with E-state index in [0.29, 0.717) is 12.3 Å². The summed E-state index contributed by atoms with van der Waals surface area (Å²) in [6, 6.07) is 26.7. The van der Waals surface area contributed by atoms with Gasteiger partial charge < -0.3 is 18.8 Å². The lowest BCUT2D eigenvalue weighted by Crippen LogP contribution is -1.97. The fourth-order valence-electron chi connectivity index (χ4n) is 3.80. The maximum atomic E-state index is 11.1. The molecule has 2 heterocycles. The van der Waals surface area contributed by atoms with Gasteiger partial charge in [-0.1, -0.05) is 36.4 Å². The van der Waals surface area contributed by atoms with Crippen molar-refractivity contribution in [3.63, 3.8) is 0 Å². The molecule has 5 aromatic rings. The molecule has 5 rings (SSSR count). The lowest BCUT2D eigenvalue weighted by molar-refractivity contribution is 0.0660. The number of rotatable bonds is 7. The fourth-order valence-corrected chi connectivity index (χ4v) is 3.80. The summed E-state index contributed by atoms with van der Waals surface area (Å²) < 4.78 is 13.4. The number of hydrogen-bond donors (Lipinski definition) is 1. The van der Waals surface area contributed by atoms with Gasteiger partial charge in [-0.15, -0.1) is 0 Å². The van der Waals surface area contributed by atoms with Crippen LogP contribution in [0, 0.1) is 6.92 Å². The Morgan fingerprint density at radius 2 is 1.76 bits per heavy atom. The van der Waals surface area contributed by atoms with Crippen LogP contribution >= 0.6 is 0 Å². The molecule has 6 heteroatoms. The molecule has 34 heavy (non-hydrogen) atoms. The van der Waals surface area contributed by atoms with E-state index >= 15 is 0 Å². The Bertz CT molecular complexity index is 1490. The number of para-hydroxylation sites is 2. The van der Waals surface area contributed by atoms with Crippen molar-refractivity contribution < 1.29 is 19.1 Å². The zero-order valence-electron chi connectivity index (χ0n) is 18.5. The quantitative estimate of drug-likeness (QED) is 0.276. The van der Waals surface area contributed by atoms with E-state index in [1.165, 1.54) is 6.07 Å². The third kappa shape index (κ3) is 4.47. The van der Waals surface area contributed by atoms with E-state index in [9.17, 15) is 4.79 Å². The summed E-state index contributed by atoms with van der Waals surface area (Å²) in [5.74, 6) is 1.02. The topological polar surface area (TPSA) is 77.0 Å². The molecule has 0 aliphatic carbocycles. The van der Waals surface area contributed by atoms with Crippen LogP contribution in [0.3, 0.4) is 0 Å². The molecular weight excluding hydrogens is 428 g/mol. The van der Waals surface area contributed by atoms with Crippen molar-refractivity contribution in [2.24, 2.45) is 4.99 Å². The SMILES string of the molecule is Cc1ccccc1Oc1ccc(N=Cc2cn(Cc3ccc(C(=O)O)o3)c3ccccc23)cc1. The molecule has 0 fully saturated rings. The van der Waals surface area contributed by atoms with Crippen molar-refractivity contribution in [2.45, 2.75) is 13.5 Å². The first-order valence-electron chi connectivity index (χ1n) is 10.8. The van der Waals surface area contributed by atoms with E-state index in [1.54, 1.807) is 6.07 Å². The Morgan fingerprint density at radius 1 is 1.00 bits per heavy atom. The second-order valence-corrected chi connectivity index (χ2v) is 7.92. The Labute approximate surface area is 196 Å². The van der Waals surface area contributed by atoms with E-state index in [2.05, 4.69) is 4.99 Å². The third-order valence-electron chi connectivity index (χ3n) is 5.53. The Morgan fingerprint density at radius 3 is 2.53 bits per heavy atom. The van der Waals surface area contributed by atoms with E-state index < -0.39 is 5.97 Å². The highest BCUT2D eigenvalue weighted by Crippen LogP contribution is 2.27. The normalized spacial score (nSPS) is 11.3. The van der Waals surface area contributed by atoms with Gasteiger partial charge in [-0.05, 0) is 61.0 Å². The average Bonchev–Trinajstić information content (AvgIpc) is 3.46. The van der Waals surface area contributed by atoms with Gasteiger partial charge in [-0.2, -0.15) is 0 Å². The number of aryl methyl sites for hydroxylation is 1. The molecule has 168 valence electrons. The van der Waals surface area contributed by atoms with Crippen LogP contribution < -0.4 is 4.74 Å². The first kappa shape index (κ1) is 21.3. The van der Waals surface area contributed by atoms with Crippen LogP contribution in [0.15, 0.2) is 101 Å². The molecule has 0 unspecified atom stereocenters. The first-order chi connectivity index (χ1) is 16.6. The van der Waals surface area contributed by atoms with Gasteiger partial charge in [-0.25, -0.2) is 4.79 Å². The predicted molar refractivity (Wildman–Crippen MR) is 132 cm³/mol. The van der Waals surface area contributed by atoms with Crippen LogP contribution in [0.4, 0.5) is 5.69 Å². The van der Waals surface area contributed by atoms with Gasteiger partial charge in [0.05, 0.1) is 12.2 Å². The van der Waals surface area contributed by atoms with Crippen LogP contribution in [0.2, 0.25) is 0 Å². The van der Waals surface area contributed by atoms with Gasteiger partial charge in [-0.3, -0.25) is 4.99 Å². The van der Waals surface area contributed by atoms with Gasteiger partial charge in [0.15, 0.2) is 0 Å². The molecule has 0 bridgehead atoms. The number of nitrogens with zero attached hydrogens (tertiary/aromatic N) is 2. The van der Waals surface area contributed by atoms with Crippen LogP contribution in [0.1, 0.15) is 27.4 Å². The minimum atomic E-state index is -1.08. The summed E-state index contributed by atoms with van der Waals surface area (Å²) >= 11 is 0. The molecule has 3 aromatic carbocycles. The summed E-state index contributed by atoms with van der Waals surface area (Å²) in [5.41, 5.74) is 3.86. The number of carboxylic acids is 1. The highest BCUT2D eigenvalue weighted by atomic mass is 16.5. The van der Waals surface area contributed by atoms with E-state index in [4.69, 9.17) is 14.3 Å². The van der Waals surface area contributed by atoms with Gasteiger partial charge in [0.2, 0.25) is 5.76 Å². The minimum Gasteiger partial charge on any atom is -0.475 e. The second-order valence-electron chi connectivity index (χ2n) is 7.92. The molecular formula is C28H22N2O4. The third-order valence-corrected chi connectivity index (χ3v) is 5.53. The van der Waals surface area contributed by atoms with Crippen LogP contribution in [0.25, 0.3) is 10.9 Å². The van der Waals surface area contributed by atoms with Gasteiger partial charge >= 0.3 is 5.97 Å². The Hall–Kier alpha value is -4.58. The summed E-state index contributed by atoms with van der Waals surface area (Å²) in [5, 5.41) is 10.1. The molecule has 0 saturated heterocycles. The van der Waals surface area contributed by atoms with Crippen molar-refractivity contribution in [3.8, 4) is 11.5 Å². The number of ether oxygens (including phenoxy) is 1. The van der Waals surface area contributed by atoms with E-state index in [0.717, 1.165) is 39.2 Å². The number of aromatic nitrogens is 1. The monoisotopic (exact) mass is 450 g/mol. The number of aliphatic imine (C=N–C) groups is 1. The molecule has 0 spiro atoms. The number of carbonyl (C=O) groups is 1. The molecule has 2 aromatic heterocycles. The van der Waals surface area contributed by atoms with Crippen LogP contribution in [-0.2, 0) is 6.54 Å². The molecule has 0 aliphatic rings. The van der Waals surface area contributed by atoms with Gasteiger partial charge in [0, 0.05) is 28.9 Å². The van der Waals surface area contributed by atoms with Crippen molar-refractivity contribution in [3.05, 3.63) is 114 Å². The van der Waals surface area contributed by atoms with Gasteiger partial charge in [0.1, 0.15) is 17.3 Å². The summed E-state index contributed by atoms with van der Waals surface area (Å²) in [6.45, 7) is 2.44. The summed E-state index contributed by atoms with van der Waals surface area (Å²) in [4.78, 5) is 15.7. The Kier molecular flexibility index (Phi) is 5.70. The summed E-state index contributed by atoms with van der Waals surface area (Å²) in [6.07, 6.45) is 3.83. The lowest BCUT2D eigenvalue weighted by atomic mass is 10.2. The zero-order chi connectivity index (χ0) is 23.5. The molecule has 0 saturated carbocycles. The average molecular weight is 450 g/mol. The highest BCUT2D eigenvalue weighted by Gasteiger charge is 2.12. The second kappa shape index (κ2) is 9.11. The minimum absolute atomic E-state index is 0.0666.